The second-order valence-corrected chi connectivity index (χ2v) is 5.96. The number of hydrogen-bond donors (Lipinski definition) is 3. The number of nitrogens with one attached hydrogen (secondary N) is 1. The van der Waals surface area contributed by atoms with Crippen LogP contribution in [0.15, 0.2) is 52.4 Å². The van der Waals surface area contributed by atoms with Gasteiger partial charge in [-0.05, 0) is 47.7 Å². The van der Waals surface area contributed by atoms with Crippen molar-refractivity contribution in [3.8, 4) is 17.2 Å². The van der Waals surface area contributed by atoms with Crippen molar-refractivity contribution < 1.29 is 19.7 Å². The van der Waals surface area contributed by atoms with E-state index >= 15 is 0 Å². The van der Waals surface area contributed by atoms with Crippen molar-refractivity contribution in [2.45, 2.75) is 0 Å². The minimum absolute atomic E-state index is 0.0364. The van der Waals surface area contributed by atoms with Gasteiger partial charge in [0.25, 0.3) is 5.91 Å². The molecule has 2 aromatic rings. The van der Waals surface area contributed by atoms with Crippen molar-refractivity contribution in [2.75, 3.05) is 7.11 Å². The summed E-state index contributed by atoms with van der Waals surface area (Å²) in [6, 6.07) is 11.3. The third-order valence-corrected chi connectivity index (χ3v) is 4.12. The first-order valence-electron chi connectivity index (χ1n) is 7.01. The number of thioether (sulfide) groups is 1. The number of amides is 1. The lowest BCUT2D eigenvalue weighted by Crippen LogP contribution is -2.19. The highest BCUT2D eigenvalue weighted by Gasteiger charge is 2.23. The highest BCUT2D eigenvalue weighted by Crippen LogP contribution is 2.31. The molecule has 1 heterocycles. The average molecular weight is 342 g/mol. The molecule has 1 saturated heterocycles. The van der Waals surface area contributed by atoms with Crippen LogP contribution in [0.25, 0.3) is 6.08 Å². The van der Waals surface area contributed by atoms with Gasteiger partial charge < -0.3 is 20.3 Å². The van der Waals surface area contributed by atoms with Crippen molar-refractivity contribution >= 4 is 34.6 Å². The molecule has 0 aliphatic carbocycles. The molecule has 3 rings (SSSR count). The molecule has 1 aliphatic heterocycles. The fourth-order valence-electron chi connectivity index (χ4n) is 2.10. The number of phenolic OH excluding ortho intramolecular Hbond substituents is 2. The summed E-state index contributed by atoms with van der Waals surface area (Å²) in [5.74, 6) is 0.222. The van der Waals surface area contributed by atoms with E-state index < -0.39 is 0 Å². The number of rotatable bonds is 3. The highest BCUT2D eigenvalue weighted by molar-refractivity contribution is 8.18. The Labute approximate surface area is 142 Å². The Balaban J connectivity index is 1.84. The van der Waals surface area contributed by atoms with Gasteiger partial charge in [0.15, 0.2) is 16.7 Å². The number of nitrogens with zero attached hydrogens (tertiary/aromatic N) is 1. The summed E-state index contributed by atoms with van der Waals surface area (Å²) >= 11 is 1.20. The molecule has 0 spiro atoms. The van der Waals surface area contributed by atoms with Gasteiger partial charge in [0.1, 0.15) is 5.75 Å². The van der Waals surface area contributed by atoms with Crippen molar-refractivity contribution in [1.29, 1.82) is 0 Å². The molecule has 0 radical (unpaired) electrons. The summed E-state index contributed by atoms with van der Waals surface area (Å²) in [4.78, 5) is 16.8. The molecular formula is C17H14N2O4S. The number of aromatic hydroxyl groups is 2. The van der Waals surface area contributed by atoms with Crippen LogP contribution < -0.4 is 10.1 Å². The van der Waals surface area contributed by atoms with E-state index in [2.05, 4.69) is 10.3 Å². The first-order chi connectivity index (χ1) is 11.5. The number of phenols is 2. The first-order valence-corrected chi connectivity index (χ1v) is 7.82. The van der Waals surface area contributed by atoms with Crippen LogP contribution in [0.1, 0.15) is 5.56 Å². The van der Waals surface area contributed by atoms with E-state index in [1.165, 1.54) is 31.0 Å². The van der Waals surface area contributed by atoms with Crippen molar-refractivity contribution in [3.05, 3.63) is 52.9 Å². The number of carbonyl (C=O) groups excluding carboxylic acids is 1. The molecule has 0 saturated carbocycles. The standard InChI is InChI=1S/C17H14N2O4S/c1-23-14-7-10(5-6-13(14)21)8-15-16(22)19-17(24-15)18-11-3-2-4-12(20)9-11/h2-9,20-21H,1H3,(H,18,19,22). The van der Waals surface area contributed by atoms with Crippen LogP contribution in [0.4, 0.5) is 5.69 Å². The quantitative estimate of drug-likeness (QED) is 0.746. The molecular weight excluding hydrogens is 328 g/mol. The third kappa shape index (κ3) is 3.52. The topological polar surface area (TPSA) is 91.2 Å². The van der Waals surface area contributed by atoms with Crippen molar-refractivity contribution in [3.63, 3.8) is 0 Å². The Morgan fingerprint density at radius 2 is 2.04 bits per heavy atom. The number of aliphatic imine (C=N–C) groups is 1. The predicted molar refractivity (Wildman–Crippen MR) is 93.6 cm³/mol. The molecule has 122 valence electrons. The summed E-state index contributed by atoms with van der Waals surface area (Å²) in [6.45, 7) is 0. The van der Waals surface area contributed by atoms with E-state index in [-0.39, 0.29) is 17.4 Å². The molecule has 0 bridgehead atoms. The largest absolute Gasteiger partial charge is 0.508 e. The molecule has 1 amide bonds. The van der Waals surface area contributed by atoms with Gasteiger partial charge in [-0.25, -0.2) is 4.99 Å². The van der Waals surface area contributed by atoms with Crippen LogP contribution >= 0.6 is 11.8 Å². The maximum absolute atomic E-state index is 12.1. The highest BCUT2D eigenvalue weighted by atomic mass is 32.2. The van der Waals surface area contributed by atoms with Crippen LogP contribution in [-0.2, 0) is 4.79 Å². The van der Waals surface area contributed by atoms with Gasteiger partial charge in [-0.15, -0.1) is 0 Å². The Morgan fingerprint density at radius 3 is 2.79 bits per heavy atom. The summed E-state index contributed by atoms with van der Waals surface area (Å²) < 4.78 is 5.05. The third-order valence-electron chi connectivity index (χ3n) is 3.21. The van der Waals surface area contributed by atoms with Gasteiger partial charge in [-0.2, -0.15) is 0 Å². The number of amidine groups is 1. The molecule has 6 nitrogen and oxygen atoms in total. The van der Waals surface area contributed by atoms with Crippen LogP contribution in [0, 0.1) is 0 Å². The van der Waals surface area contributed by atoms with Gasteiger partial charge in [0.2, 0.25) is 0 Å². The molecule has 3 N–H and O–H groups in total. The van der Waals surface area contributed by atoms with E-state index in [9.17, 15) is 15.0 Å². The van der Waals surface area contributed by atoms with Crippen LogP contribution in [-0.4, -0.2) is 28.4 Å². The SMILES string of the molecule is COc1cc(C=C2SC(=Nc3cccc(O)c3)NC2=O)ccc1O. The Hall–Kier alpha value is -2.93. The first kappa shape index (κ1) is 15.9. The summed E-state index contributed by atoms with van der Waals surface area (Å²) in [5.41, 5.74) is 1.27. The van der Waals surface area contributed by atoms with Crippen molar-refractivity contribution in [2.24, 2.45) is 4.99 Å². The average Bonchev–Trinajstić information content (AvgIpc) is 2.88. The van der Waals surface area contributed by atoms with Gasteiger partial charge in [0, 0.05) is 6.07 Å². The van der Waals surface area contributed by atoms with Crippen molar-refractivity contribution in [1.82, 2.24) is 5.32 Å². The Kier molecular flexibility index (Phi) is 4.43. The summed E-state index contributed by atoms with van der Waals surface area (Å²) in [5, 5.41) is 22.2. The molecule has 0 unspecified atom stereocenters. The number of carbonyl (C=O) groups is 1. The summed E-state index contributed by atoms with van der Waals surface area (Å²) in [7, 11) is 1.46. The molecule has 0 aromatic heterocycles. The minimum atomic E-state index is -0.258. The van der Waals surface area contributed by atoms with E-state index in [0.29, 0.717) is 21.5 Å². The van der Waals surface area contributed by atoms with Gasteiger partial charge >= 0.3 is 0 Å². The van der Waals surface area contributed by atoms with Gasteiger partial charge in [-0.3, -0.25) is 4.79 Å². The lowest BCUT2D eigenvalue weighted by Gasteiger charge is -2.03. The molecule has 0 atom stereocenters. The normalized spacial score (nSPS) is 17.3. The number of hydrogen-bond acceptors (Lipinski definition) is 6. The zero-order chi connectivity index (χ0) is 17.1. The Morgan fingerprint density at radius 1 is 1.21 bits per heavy atom. The predicted octanol–water partition coefficient (Wildman–Crippen LogP) is 3.00. The van der Waals surface area contributed by atoms with Crippen LogP contribution in [0.2, 0.25) is 0 Å². The molecule has 2 aromatic carbocycles. The number of benzene rings is 2. The number of ether oxygens (including phenoxy) is 1. The maximum atomic E-state index is 12.1. The minimum Gasteiger partial charge on any atom is -0.508 e. The second-order valence-electron chi connectivity index (χ2n) is 4.93. The fourth-order valence-corrected chi connectivity index (χ4v) is 2.94. The van der Waals surface area contributed by atoms with E-state index in [1.54, 1.807) is 36.4 Å². The number of methoxy groups -OCH3 is 1. The monoisotopic (exact) mass is 342 g/mol. The molecule has 24 heavy (non-hydrogen) atoms. The van der Waals surface area contributed by atoms with Crippen LogP contribution in [0.3, 0.4) is 0 Å². The zero-order valence-corrected chi connectivity index (χ0v) is 13.5. The zero-order valence-electron chi connectivity index (χ0n) is 12.7. The molecule has 1 aliphatic rings. The van der Waals surface area contributed by atoms with Crippen LogP contribution in [0.5, 0.6) is 17.2 Å². The van der Waals surface area contributed by atoms with Gasteiger partial charge in [-0.1, -0.05) is 12.1 Å². The van der Waals surface area contributed by atoms with Gasteiger partial charge in [0.05, 0.1) is 17.7 Å². The second kappa shape index (κ2) is 6.67. The van der Waals surface area contributed by atoms with E-state index in [4.69, 9.17) is 4.74 Å². The summed E-state index contributed by atoms with van der Waals surface area (Å²) in [6.07, 6.45) is 1.69. The lowest BCUT2D eigenvalue weighted by atomic mass is 10.2. The molecule has 7 heteroatoms. The van der Waals surface area contributed by atoms with E-state index in [1.807, 2.05) is 0 Å². The smallest absolute Gasteiger partial charge is 0.264 e. The lowest BCUT2D eigenvalue weighted by molar-refractivity contribution is -0.115. The fraction of sp³-hybridized carbons (Fsp3) is 0.0588. The maximum Gasteiger partial charge on any atom is 0.264 e. The molecule has 1 fully saturated rings. The van der Waals surface area contributed by atoms with E-state index in [0.717, 1.165) is 5.56 Å². The Bertz CT molecular complexity index is 861.